The van der Waals surface area contributed by atoms with Crippen LogP contribution >= 0.6 is 0 Å². The Bertz CT molecular complexity index is 906. The van der Waals surface area contributed by atoms with Crippen LogP contribution in [0.5, 0.6) is 5.75 Å². The molecule has 0 N–H and O–H groups in total. The summed E-state index contributed by atoms with van der Waals surface area (Å²) in [6.45, 7) is 5.29. The Hall–Kier alpha value is -2.38. The molecule has 0 aromatic heterocycles. The normalized spacial score (nSPS) is 16.4. The van der Waals surface area contributed by atoms with E-state index in [9.17, 15) is 13.2 Å². The summed E-state index contributed by atoms with van der Waals surface area (Å²) < 4.78 is 32.9. The minimum atomic E-state index is -3.53. The predicted octanol–water partition coefficient (Wildman–Crippen LogP) is 2.94. The fourth-order valence-electron chi connectivity index (χ4n) is 3.37. The van der Waals surface area contributed by atoms with Gasteiger partial charge in [0, 0.05) is 26.2 Å². The highest BCUT2D eigenvalue weighted by molar-refractivity contribution is 7.89. The highest BCUT2D eigenvalue weighted by Gasteiger charge is 2.32. The van der Waals surface area contributed by atoms with Crippen molar-refractivity contribution in [3.05, 3.63) is 60.2 Å². The number of sulfonamides is 1. The standard InChI is InChI=1S/C22H28N2O4S/c1-3-18-10-12-19(13-11-18)28-21(4-2)22(25)23-14-16-24(17-15-23)29(26,27)20-8-6-5-7-9-20/h5-13,21H,3-4,14-17H2,1-2H3/t21-/m0/s1. The Labute approximate surface area is 173 Å². The van der Waals surface area contributed by atoms with E-state index in [2.05, 4.69) is 6.92 Å². The zero-order valence-electron chi connectivity index (χ0n) is 17.0. The van der Waals surface area contributed by atoms with Crippen molar-refractivity contribution in [1.82, 2.24) is 9.21 Å². The first kappa shape index (κ1) is 21.3. The van der Waals surface area contributed by atoms with Crippen LogP contribution < -0.4 is 4.74 Å². The van der Waals surface area contributed by atoms with E-state index in [1.54, 1.807) is 35.2 Å². The fourth-order valence-corrected chi connectivity index (χ4v) is 4.81. The molecule has 156 valence electrons. The van der Waals surface area contributed by atoms with Gasteiger partial charge in [-0.2, -0.15) is 4.31 Å². The van der Waals surface area contributed by atoms with E-state index in [0.717, 1.165) is 6.42 Å². The lowest BCUT2D eigenvalue weighted by molar-refractivity contribution is -0.140. The summed E-state index contributed by atoms with van der Waals surface area (Å²) in [4.78, 5) is 14.9. The van der Waals surface area contributed by atoms with Gasteiger partial charge in [0.1, 0.15) is 5.75 Å². The Morgan fingerprint density at radius 1 is 0.966 bits per heavy atom. The third-order valence-electron chi connectivity index (χ3n) is 5.19. The van der Waals surface area contributed by atoms with Gasteiger partial charge in [0.2, 0.25) is 10.0 Å². The zero-order chi connectivity index (χ0) is 20.9. The molecular formula is C22H28N2O4S. The quantitative estimate of drug-likeness (QED) is 0.696. The summed E-state index contributed by atoms with van der Waals surface area (Å²) in [6, 6.07) is 16.2. The largest absolute Gasteiger partial charge is 0.481 e. The lowest BCUT2D eigenvalue weighted by atomic mass is 10.1. The number of benzene rings is 2. The highest BCUT2D eigenvalue weighted by Crippen LogP contribution is 2.20. The monoisotopic (exact) mass is 416 g/mol. The topological polar surface area (TPSA) is 66.9 Å². The number of nitrogens with zero attached hydrogens (tertiary/aromatic N) is 2. The van der Waals surface area contributed by atoms with Crippen molar-refractivity contribution >= 4 is 15.9 Å². The van der Waals surface area contributed by atoms with Crippen molar-refractivity contribution in [3.8, 4) is 5.75 Å². The van der Waals surface area contributed by atoms with Crippen molar-refractivity contribution < 1.29 is 17.9 Å². The molecule has 1 atom stereocenters. The Balaban J connectivity index is 1.60. The van der Waals surface area contributed by atoms with Gasteiger partial charge < -0.3 is 9.64 Å². The van der Waals surface area contributed by atoms with Crippen molar-refractivity contribution in [2.75, 3.05) is 26.2 Å². The molecule has 29 heavy (non-hydrogen) atoms. The van der Waals surface area contributed by atoms with E-state index in [1.807, 2.05) is 31.2 Å². The molecule has 1 heterocycles. The lowest BCUT2D eigenvalue weighted by Crippen LogP contribution is -2.53. The maximum absolute atomic E-state index is 12.9. The SMILES string of the molecule is CCc1ccc(O[C@@H](CC)C(=O)N2CCN(S(=O)(=O)c3ccccc3)CC2)cc1. The third-order valence-corrected chi connectivity index (χ3v) is 7.10. The van der Waals surface area contributed by atoms with Gasteiger partial charge in [-0.3, -0.25) is 4.79 Å². The molecule has 1 aliphatic heterocycles. The molecule has 0 spiro atoms. The number of carbonyl (C=O) groups excluding carboxylic acids is 1. The molecule has 1 fully saturated rings. The van der Waals surface area contributed by atoms with Crippen molar-refractivity contribution in [2.24, 2.45) is 0 Å². The first-order valence-corrected chi connectivity index (χ1v) is 11.5. The maximum Gasteiger partial charge on any atom is 0.263 e. The minimum Gasteiger partial charge on any atom is -0.481 e. The van der Waals surface area contributed by atoms with Crippen LogP contribution in [0.4, 0.5) is 0 Å². The molecule has 2 aromatic carbocycles. The van der Waals surface area contributed by atoms with Crippen LogP contribution in [0.1, 0.15) is 25.8 Å². The van der Waals surface area contributed by atoms with E-state index >= 15 is 0 Å². The van der Waals surface area contributed by atoms with Crippen molar-refractivity contribution in [2.45, 2.75) is 37.7 Å². The molecule has 0 bridgehead atoms. The van der Waals surface area contributed by atoms with E-state index in [0.29, 0.717) is 25.3 Å². The summed E-state index contributed by atoms with van der Waals surface area (Å²) in [5.74, 6) is 0.580. The minimum absolute atomic E-state index is 0.0937. The van der Waals surface area contributed by atoms with E-state index in [1.165, 1.54) is 9.87 Å². The second kappa shape index (κ2) is 9.41. The van der Waals surface area contributed by atoms with Gasteiger partial charge in [0.15, 0.2) is 6.10 Å². The molecule has 0 unspecified atom stereocenters. The second-order valence-corrected chi connectivity index (χ2v) is 8.99. The first-order valence-electron chi connectivity index (χ1n) is 10.0. The molecule has 1 saturated heterocycles. The van der Waals surface area contributed by atoms with Gasteiger partial charge >= 0.3 is 0 Å². The molecule has 6 nitrogen and oxygen atoms in total. The number of amides is 1. The summed E-state index contributed by atoms with van der Waals surface area (Å²) in [5, 5.41) is 0. The molecular weight excluding hydrogens is 388 g/mol. The molecule has 0 radical (unpaired) electrons. The van der Waals surface area contributed by atoms with Gasteiger partial charge in [-0.1, -0.05) is 44.2 Å². The molecule has 1 amide bonds. The number of carbonyl (C=O) groups is 1. The van der Waals surface area contributed by atoms with Crippen LogP contribution in [0.3, 0.4) is 0 Å². The van der Waals surface area contributed by atoms with Crippen molar-refractivity contribution in [3.63, 3.8) is 0 Å². The number of piperazine rings is 1. The molecule has 3 rings (SSSR count). The van der Waals surface area contributed by atoms with Gasteiger partial charge in [-0.25, -0.2) is 8.42 Å². The van der Waals surface area contributed by atoms with E-state index < -0.39 is 16.1 Å². The molecule has 0 aliphatic carbocycles. The van der Waals surface area contributed by atoms with Gasteiger partial charge in [0.25, 0.3) is 5.91 Å². The summed E-state index contributed by atoms with van der Waals surface area (Å²) in [7, 11) is -3.53. The molecule has 1 aliphatic rings. The zero-order valence-corrected chi connectivity index (χ0v) is 17.8. The molecule has 2 aromatic rings. The molecule has 7 heteroatoms. The maximum atomic E-state index is 12.9. The van der Waals surface area contributed by atoms with E-state index in [-0.39, 0.29) is 23.9 Å². The highest BCUT2D eigenvalue weighted by atomic mass is 32.2. The number of rotatable bonds is 7. The number of hydrogen-bond donors (Lipinski definition) is 0. The Kier molecular flexibility index (Phi) is 6.92. The average molecular weight is 417 g/mol. The van der Waals surface area contributed by atoms with Crippen LogP contribution in [0.15, 0.2) is 59.5 Å². The van der Waals surface area contributed by atoms with Crippen LogP contribution in [-0.2, 0) is 21.2 Å². The average Bonchev–Trinajstić information content (AvgIpc) is 2.78. The number of hydrogen-bond acceptors (Lipinski definition) is 4. The van der Waals surface area contributed by atoms with Gasteiger partial charge in [-0.05, 0) is 42.7 Å². The van der Waals surface area contributed by atoms with Crippen LogP contribution in [0, 0.1) is 0 Å². The van der Waals surface area contributed by atoms with Gasteiger partial charge in [-0.15, -0.1) is 0 Å². The Morgan fingerprint density at radius 2 is 1.59 bits per heavy atom. The summed E-state index contributed by atoms with van der Waals surface area (Å²) >= 11 is 0. The van der Waals surface area contributed by atoms with Crippen LogP contribution in [-0.4, -0.2) is 55.8 Å². The predicted molar refractivity (Wildman–Crippen MR) is 112 cm³/mol. The molecule has 0 saturated carbocycles. The Morgan fingerprint density at radius 3 is 2.14 bits per heavy atom. The summed E-state index contributed by atoms with van der Waals surface area (Å²) in [6.07, 6.45) is 0.934. The van der Waals surface area contributed by atoms with Crippen LogP contribution in [0.25, 0.3) is 0 Å². The number of ether oxygens (including phenoxy) is 1. The first-order chi connectivity index (χ1) is 14.0. The third kappa shape index (κ3) is 4.97. The number of aryl methyl sites for hydroxylation is 1. The lowest BCUT2D eigenvalue weighted by Gasteiger charge is -2.35. The second-order valence-electron chi connectivity index (χ2n) is 7.05. The van der Waals surface area contributed by atoms with Gasteiger partial charge in [0.05, 0.1) is 4.90 Å². The van der Waals surface area contributed by atoms with Crippen molar-refractivity contribution in [1.29, 1.82) is 0 Å². The smallest absolute Gasteiger partial charge is 0.263 e. The van der Waals surface area contributed by atoms with Crippen LogP contribution in [0.2, 0.25) is 0 Å². The summed E-state index contributed by atoms with van der Waals surface area (Å²) in [5.41, 5.74) is 1.22. The van der Waals surface area contributed by atoms with E-state index in [4.69, 9.17) is 4.74 Å². The fraction of sp³-hybridized carbons (Fsp3) is 0.409.